The van der Waals surface area contributed by atoms with Crippen LogP contribution < -0.4 is 9.44 Å². The Bertz CT molecular complexity index is 454. The second-order valence-electron chi connectivity index (χ2n) is 4.33. The van der Waals surface area contributed by atoms with Crippen LogP contribution in [0.1, 0.15) is 37.0 Å². The van der Waals surface area contributed by atoms with Gasteiger partial charge in [0.05, 0.1) is 6.04 Å². The van der Waals surface area contributed by atoms with E-state index in [4.69, 9.17) is 0 Å². The van der Waals surface area contributed by atoms with Crippen molar-refractivity contribution in [2.75, 3.05) is 7.05 Å². The first-order valence-electron chi connectivity index (χ1n) is 5.47. The topological polar surface area (TPSA) is 71.1 Å². The number of hydrogen-bond donors (Lipinski definition) is 2. The molecule has 0 aliphatic carbocycles. The molecule has 0 aliphatic rings. The van der Waals surface area contributed by atoms with Crippen molar-refractivity contribution in [3.63, 3.8) is 0 Å². The lowest BCUT2D eigenvalue weighted by atomic mass is 10.1. The van der Waals surface area contributed by atoms with E-state index in [0.717, 1.165) is 17.1 Å². The summed E-state index contributed by atoms with van der Waals surface area (Å²) < 4.78 is 27.9. The van der Waals surface area contributed by atoms with E-state index in [9.17, 15) is 8.42 Å². The summed E-state index contributed by atoms with van der Waals surface area (Å²) in [7, 11) is -2.05. The van der Waals surface area contributed by atoms with Gasteiger partial charge >= 0.3 is 0 Å². The van der Waals surface area contributed by atoms with Crippen LogP contribution in [0.25, 0.3) is 0 Å². The minimum Gasteiger partial charge on any atom is -0.245 e. The molecule has 0 radical (unpaired) electrons. The van der Waals surface area contributed by atoms with Crippen LogP contribution in [0.2, 0.25) is 0 Å². The fraction of sp³-hybridized carbons (Fsp3) is 0.700. The lowest BCUT2D eigenvalue weighted by Gasteiger charge is -2.18. The molecular weight excluding hydrogens is 258 g/mol. The summed E-state index contributed by atoms with van der Waals surface area (Å²) in [6, 6.07) is -0.258. The maximum absolute atomic E-state index is 11.5. The van der Waals surface area contributed by atoms with Gasteiger partial charge < -0.3 is 0 Å². The van der Waals surface area contributed by atoms with E-state index in [1.54, 1.807) is 0 Å². The number of nitrogens with one attached hydrogen (secondary N) is 2. The molecule has 0 spiro atoms. The summed E-state index contributed by atoms with van der Waals surface area (Å²) >= 11 is 1.48. The first-order valence-corrected chi connectivity index (χ1v) is 7.83. The third-order valence-corrected chi connectivity index (χ3v) is 4.42. The molecule has 0 amide bonds. The molecule has 1 heterocycles. The summed E-state index contributed by atoms with van der Waals surface area (Å²) in [6.07, 6.45) is 0.730. The predicted octanol–water partition coefficient (Wildman–Crippen LogP) is 1.59. The lowest BCUT2D eigenvalue weighted by Crippen LogP contribution is -2.37. The van der Waals surface area contributed by atoms with Gasteiger partial charge in [0, 0.05) is 18.1 Å². The van der Waals surface area contributed by atoms with E-state index >= 15 is 0 Å². The molecule has 0 fully saturated rings. The van der Waals surface area contributed by atoms with Gasteiger partial charge in [0.2, 0.25) is 0 Å². The Hall–Kier alpha value is -0.500. The second-order valence-corrected chi connectivity index (χ2v) is 6.88. The van der Waals surface area contributed by atoms with Crippen molar-refractivity contribution < 1.29 is 8.42 Å². The highest BCUT2D eigenvalue weighted by molar-refractivity contribution is 7.87. The summed E-state index contributed by atoms with van der Waals surface area (Å²) in [5.74, 6) is 0.392. The van der Waals surface area contributed by atoms with Gasteiger partial charge in [-0.25, -0.2) is 9.71 Å². The Morgan fingerprint density at radius 1 is 1.47 bits per heavy atom. The van der Waals surface area contributed by atoms with Crippen molar-refractivity contribution in [1.29, 1.82) is 0 Å². The molecule has 0 aliphatic heterocycles. The fourth-order valence-electron chi connectivity index (χ4n) is 1.45. The molecule has 0 aromatic carbocycles. The number of thiazole rings is 1. The molecule has 0 saturated heterocycles. The number of rotatable bonds is 6. The van der Waals surface area contributed by atoms with Crippen LogP contribution in [0.3, 0.4) is 0 Å². The largest absolute Gasteiger partial charge is 0.277 e. The highest BCUT2D eigenvalue weighted by Crippen LogP contribution is 2.24. The van der Waals surface area contributed by atoms with Crippen molar-refractivity contribution in [1.82, 2.24) is 14.4 Å². The number of hydrogen-bond acceptors (Lipinski definition) is 4. The van der Waals surface area contributed by atoms with Crippen LogP contribution in [-0.2, 0) is 10.2 Å². The molecule has 1 aromatic rings. The van der Waals surface area contributed by atoms with Crippen LogP contribution in [0.5, 0.6) is 0 Å². The van der Waals surface area contributed by atoms with Crippen molar-refractivity contribution in [2.24, 2.45) is 5.92 Å². The van der Waals surface area contributed by atoms with Crippen LogP contribution in [0, 0.1) is 12.8 Å². The highest BCUT2D eigenvalue weighted by Gasteiger charge is 2.21. The van der Waals surface area contributed by atoms with Gasteiger partial charge in [0.25, 0.3) is 10.2 Å². The Morgan fingerprint density at radius 3 is 2.53 bits per heavy atom. The number of aryl methyl sites for hydroxylation is 1. The monoisotopic (exact) mass is 277 g/mol. The number of aromatic nitrogens is 1. The zero-order valence-electron chi connectivity index (χ0n) is 10.5. The molecule has 1 rings (SSSR count). The normalized spacial score (nSPS) is 14.2. The molecule has 5 nitrogen and oxygen atoms in total. The van der Waals surface area contributed by atoms with Crippen molar-refractivity contribution in [3.8, 4) is 0 Å². The Balaban J connectivity index is 2.88. The van der Waals surface area contributed by atoms with Crippen molar-refractivity contribution in [2.45, 2.75) is 33.2 Å². The van der Waals surface area contributed by atoms with E-state index in [-0.39, 0.29) is 6.04 Å². The molecule has 1 unspecified atom stereocenters. The van der Waals surface area contributed by atoms with Gasteiger partial charge in [-0.15, -0.1) is 11.3 Å². The van der Waals surface area contributed by atoms with E-state index in [0.29, 0.717) is 5.92 Å². The van der Waals surface area contributed by atoms with Crippen LogP contribution in [0.15, 0.2) is 5.38 Å². The molecule has 98 valence electrons. The Labute approximate surface area is 107 Å². The Kier molecular flexibility index (Phi) is 5.05. The molecular formula is C10H19N3O2S2. The third kappa shape index (κ3) is 4.71. The van der Waals surface area contributed by atoms with E-state index in [2.05, 4.69) is 28.3 Å². The van der Waals surface area contributed by atoms with Gasteiger partial charge in [-0.2, -0.15) is 13.1 Å². The maximum Gasteiger partial charge on any atom is 0.277 e. The quantitative estimate of drug-likeness (QED) is 0.829. The van der Waals surface area contributed by atoms with Gasteiger partial charge in [-0.05, 0) is 19.3 Å². The zero-order valence-corrected chi connectivity index (χ0v) is 12.2. The van der Waals surface area contributed by atoms with Gasteiger partial charge in [-0.3, -0.25) is 0 Å². The summed E-state index contributed by atoms with van der Waals surface area (Å²) in [5, 5.41) is 2.74. The zero-order chi connectivity index (χ0) is 13.1. The lowest BCUT2D eigenvalue weighted by molar-refractivity contribution is 0.468. The molecule has 17 heavy (non-hydrogen) atoms. The minimum absolute atomic E-state index is 0.258. The average Bonchev–Trinajstić information content (AvgIpc) is 2.63. The fourth-order valence-corrected chi connectivity index (χ4v) is 3.08. The molecule has 7 heteroatoms. The van der Waals surface area contributed by atoms with Gasteiger partial charge in [0.15, 0.2) is 0 Å². The van der Waals surface area contributed by atoms with E-state index in [1.165, 1.54) is 18.4 Å². The SMILES string of the molecule is CNS(=O)(=O)NC(CC(C)C)c1nc(C)cs1. The summed E-state index contributed by atoms with van der Waals surface area (Å²) in [5.41, 5.74) is 0.919. The standard InChI is InChI=1S/C10H19N3O2S2/c1-7(2)5-9(13-17(14,15)11-4)10-12-8(3)6-16-10/h6-7,9,11,13H,5H2,1-4H3. The average molecular weight is 277 g/mol. The smallest absolute Gasteiger partial charge is 0.245 e. The first-order chi connectivity index (χ1) is 7.84. The molecule has 2 N–H and O–H groups in total. The van der Waals surface area contributed by atoms with Crippen LogP contribution in [0.4, 0.5) is 0 Å². The molecule has 1 atom stereocenters. The third-order valence-electron chi connectivity index (χ3n) is 2.21. The minimum atomic E-state index is -3.44. The van der Waals surface area contributed by atoms with E-state index < -0.39 is 10.2 Å². The van der Waals surface area contributed by atoms with Crippen molar-refractivity contribution >= 4 is 21.5 Å². The van der Waals surface area contributed by atoms with Gasteiger partial charge in [-0.1, -0.05) is 13.8 Å². The predicted molar refractivity (Wildman–Crippen MR) is 70.2 cm³/mol. The second kappa shape index (κ2) is 5.90. The summed E-state index contributed by atoms with van der Waals surface area (Å²) in [4.78, 5) is 4.35. The first kappa shape index (κ1) is 14.6. The molecule has 0 saturated carbocycles. The Morgan fingerprint density at radius 2 is 2.12 bits per heavy atom. The van der Waals surface area contributed by atoms with Crippen LogP contribution in [-0.4, -0.2) is 20.4 Å². The van der Waals surface area contributed by atoms with E-state index in [1.807, 2.05) is 12.3 Å². The molecule has 1 aromatic heterocycles. The van der Waals surface area contributed by atoms with Crippen molar-refractivity contribution in [3.05, 3.63) is 16.1 Å². The van der Waals surface area contributed by atoms with Gasteiger partial charge in [0.1, 0.15) is 5.01 Å². The summed E-state index contributed by atoms with van der Waals surface area (Å²) in [6.45, 7) is 6.02. The number of nitrogens with zero attached hydrogens (tertiary/aromatic N) is 1. The van der Waals surface area contributed by atoms with Crippen LogP contribution >= 0.6 is 11.3 Å². The highest BCUT2D eigenvalue weighted by atomic mass is 32.2. The maximum atomic E-state index is 11.5. The molecule has 0 bridgehead atoms.